The lowest BCUT2D eigenvalue weighted by atomic mass is 9.48. The van der Waals surface area contributed by atoms with Crippen LogP contribution in [0.4, 0.5) is 24.0 Å². The van der Waals surface area contributed by atoms with Gasteiger partial charge in [0.15, 0.2) is 5.58 Å². The van der Waals surface area contributed by atoms with Crippen LogP contribution in [0, 0.1) is 17.8 Å². The third-order valence-corrected chi connectivity index (χ3v) is 9.41. The normalized spacial score (nSPS) is 28.5. The molecule has 0 spiro atoms. The van der Waals surface area contributed by atoms with Crippen molar-refractivity contribution in [3.8, 4) is 11.3 Å². The van der Waals surface area contributed by atoms with Crippen molar-refractivity contribution in [3.63, 3.8) is 0 Å². The van der Waals surface area contributed by atoms with Gasteiger partial charge in [0.2, 0.25) is 0 Å². The molecule has 0 radical (unpaired) electrons. The minimum atomic E-state index is -5.07. The first kappa shape index (κ1) is 25.3. The summed E-state index contributed by atoms with van der Waals surface area (Å²) in [5, 5.41) is 3.55. The summed E-state index contributed by atoms with van der Waals surface area (Å²) in [6.07, 6.45) is 4.71. The number of alkyl halides is 3. The Bertz CT molecular complexity index is 1580. The lowest BCUT2D eigenvalue weighted by Gasteiger charge is -2.57. The Labute approximate surface area is 230 Å². The number of carbonyl (C=O) groups is 3. The molecular formula is C28H23F3N4O4S. The number of nitrogens with one attached hydrogen (secondary N) is 2. The molecule has 3 amide bonds. The number of halogens is 3. The van der Waals surface area contributed by atoms with Crippen molar-refractivity contribution >= 4 is 52.0 Å². The molecule has 1 saturated heterocycles. The monoisotopic (exact) mass is 568 g/mol. The number of thioether (sulfide) groups is 1. The number of benzene rings is 1. The van der Waals surface area contributed by atoms with E-state index in [1.807, 2.05) is 6.07 Å². The van der Waals surface area contributed by atoms with E-state index in [2.05, 4.69) is 15.3 Å². The van der Waals surface area contributed by atoms with Crippen molar-refractivity contribution in [2.45, 2.75) is 50.1 Å². The van der Waals surface area contributed by atoms with Gasteiger partial charge < -0.3 is 4.42 Å². The molecule has 5 aliphatic rings. The van der Waals surface area contributed by atoms with E-state index in [0.29, 0.717) is 40.1 Å². The molecule has 2 N–H and O–H groups in total. The van der Waals surface area contributed by atoms with Gasteiger partial charge in [0.1, 0.15) is 5.52 Å². The Morgan fingerprint density at radius 3 is 2.38 bits per heavy atom. The van der Waals surface area contributed by atoms with Crippen molar-refractivity contribution in [2.24, 2.45) is 17.8 Å². The first-order valence-corrected chi connectivity index (χ1v) is 13.9. The van der Waals surface area contributed by atoms with E-state index in [1.54, 1.807) is 35.8 Å². The second-order valence-electron chi connectivity index (χ2n) is 11.4. The van der Waals surface area contributed by atoms with Gasteiger partial charge >= 0.3 is 18.1 Å². The van der Waals surface area contributed by atoms with Gasteiger partial charge in [-0.3, -0.25) is 30.0 Å². The molecule has 1 aliphatic heterocycles. The first-order chi connectivity index (χ1) is 19.0. The minimum absolute atomic E-state index is 0.169. The Morgan fingerprint density at radius 1 is 1.10 bits per heavy atom. The molecule has 5 fully saturated rings. The number of nitrogens with zero attached hydrogens (tertiary/aromatic N) is 2. The number of pyridine rings is 1. The highest BCUT2D eigenvalue weighted by Crippen LogP contribution is 2.61. The third-order valence-electron chi connectivity index (χ3n) is 8.60. The van der Waals surface area contributed by atoms with Crippen LogP contribution >= 0.6 is 11.8 Å². The average Bonchev–Trinajstić information content (AvgIpc) is 3.43. The second kappa shape index (κ2) is 8.92. The summed E-state index contributed by atoms with van der Waals surface area (Å²) in [4.78, 5) is 44.0. The number of fused-ring (bicyclic) bond motifs is 1. The summed E-state index contributed by atoms with van der Waals surface area (Å²) in [5.41, 5.74) is 3.46. The predicted molar refractivity (Wildman–Crippen MR) is 141 cm³/mol. The van der Waals surface area contributed by atoms with Gasteiger partial charge in [-0.2, -0.15) is 18.2 Å². The molecule has 206 valence electrons. The zero-order chi connectivity index (χ0) is 27.8. The molecule has 40 heavy (non-hydrogen) atoms. The van der Waals surface area contributed by atoms with E-state index in [9.17, 15) is 27.6 Å². The maximum Gasteiger partial charge on any atom is 0.471 e. The molecule has 4 bridgehead atoms. The molecule has 4 aliphatic carbocycles. The van der Waals surface area contributed by atoms with Gasteiger partial charge in [-0.05, 0) is 103 Å². The summed E-state index contributed by atoms with van der Waals surface area (Å²) in [6, 6.07) is 6.78. The van der Waals surface area contributed by atoms with E-state index < -0.39 is 29.2 Å². The Kier molecular flexibility index (Phi) is 5.64. The zero-order valence-corrected chi connectivity index (χ0v) is 21.8. The molecule has 3 aromatic rings. The summed E-state index contributed by atoms with van der Waals surface area (Å²) >= 11 is 0.822. The van der Waals surface area contributed by atoms with Crippen LogP contribution in [0.3, 0.4) is 0 Å². The lowest BCUT2D eigenvalue weighted by molar-refractivity contribution is -0.167. The Balaban J connectivity index is 1.30. The minimum Gasteiger partial charge on any atom is -0.423 e. The Hall–Kier alpha value is -3.67. The largest absolute Gasteiger partial charge is 0.471 e. The van der Waals surface area contributed by atoms with E-state index in [-0.39, 0.29) is 10.3 Å². The van der Waals surface area contributed by atoms with E-state index in [0.717, 1.165) is 42.2 Å². The van der Waals surface area contributed by atoms with Gasteiger partial charge in [0, 0.05) is 17.3 Å². The number of aromatic nitrogens is 2. The highest BCUT2D eigenvalue weighted by Gasteiger charge is 2.52. The summed E-state index contributed by atoms with van der Waals surface area (Å²) in [5.74, 6) is -0.761. The van der Waals surface area contributed by atoms with Crippen LogP contribution < -0.4 is 10.6 Å². The van der Waals surface area contributed by atoms with Gasteiger partial charge in [-0.25, -0.2) is 0 Å². The number of hydrogen-bond donors (Lipinski definition) is 2. The van der Waals surface area contributed by atoms with Crippen LogP contribution in [0.5, 0.6) is 0 Å². The molecule has 3 heterocycles. The molecule has 0 unspecified atom stereocenters. The molecule has 1 aromatic carbocycles. The Morgan fingerprint density at radius 2 is 1.80 bits per heavy atom. The van der Waals surface area contributed by atoms with Crippen molar-refractivity contribution in [1.29, 1.82) is 0 Å². The van der Waals surface area contributed by atoms with Crippen LogP contribution in [0.25, 0.3) is 28.4 Å². The van der Waals surface area contributed by atoms with Gasteiger partial charge in [-0.1, -0.05) is 6.07 Å². The quantitative estimate of drug-likeness (QED) is 0.361. The van der Waals surface area contributed by atoms with Crippen molar-refractivity contribution in [2.75, 3.05) is 5.32 Å². The van der Waals surface area contributed by atoms with E-state index >= 15 is 0 Å². The highest BCUT2D eigenvalue weighted by molar-refractivity contribution is 8.18. The standard InChI is InChI=1S/C28H23F3N4O4S/c29-28(30,31)24(37)35-25-33-20-8-17(19-2-1-13(12-32-19)6-21-23(36)34-26(38)40-21)7-18(22(20)39-25)27-9-14-3-15(10-27)5-16(4-14)11-27/h1-2,6-8,12,14-16H,3-5,9-11H2,(H,33,35,37)(H,34,36,38). The SMILES string of the molecule is O=C1NC(=O)C(=Cc2ccc(-c3cc(C45CC6CC(CC(C6)C4)C5)c4oc(NC(=O)C(F)(F)F)nc4c3)nc2)S1. The van der Waals surface area contributed by atoms with Crippen molar-refractivity contribution in [3.05, 3.63) is 46.5 Å². The van der Waals surface area contributed by atoms with Gasteiger partial charge in [-0.15, -0.1) is 0 Å². The van der Waals surface area contributed by atoms with Crippen LogP contribution in [-0.2, 0) is 15.0 Å². The predicted octanol–water partition coefficient (Wildman–Crippen LogP) is 6.18. The fourth-order valence-corrected chi connectivity index (χ4v) is 8.15. The molecule has 12 heteroatoms. The summed E-state index contributed by atoms with van der Waals surface area (Å²) in [7, 11) is 0. The van der Waals surface area contributed by atoms with Crippen molar-refractivity contribution < 1.29 is 32.0 Å². The van der Waals surface area contributed by atoms with Crippen LogP contribution in [0.1, 0.15) is 49.7 Å². The number of carbonyl (C=O) groups excluding carboxylic acids is 3. The maximum atomic E-state index is 12.9. The average molecular weight is 569 g/mol. The fourth-order valence-electron chi connectivity index (χ4n) is 7.47. The number of hydrogen-bond acceptors (Lipinski definition) is 7. The topological polar surface area (TPSA) is 114 Å². The van der Waals surface area contributed by atoms with Crippen LogP contribution in [0.2, 0.25) is 0 Å². The number of imide groups is 1. The summed E-state index contributed by atoms with van der Waals surface area (Å²) in [6.45, 7) is 0. The second-order valence-corrected chi connectivity index (χ2v) is 12.4. The molecule has 8 rings (SSSR count). The molecule has 4 saturated carbocycles. The molecular weight excluding hydrogens is 545 g/mol. The van der Waals surface area contributed by atoms with Gasteiger partial charge in [0.05, 0.1) is 10.6 Å². The zero-order valence-electron chi connectivity index (χ0n) is 21.0. The molecule has 2 aromatic heterocycles. The lowest BCUT2D eigenvalue weighted by Crippen LogP contribution is -2.48. The number of anilines is 1. The first-order valence-electron chi connectivity index (χ1n) is 13.1. The van der Waals surface area contributed by atoms with Crippen LogP contribution in [-0.4, -0.2) is 33.2 Å². The summed E-state index contributed by atoms with van der Waals surface area (Å²) < 4.78 is 44.6. The fraction of sp³-hybridized carbons (Fsp3) is 0.393. The van der Waals surface area contributed by atoms with Gasteiger partial charge in [0.25, 0.3) is 11.1 Å². The van der Waals surface area contributed by atoms with Crippen molar-refractivity contribution in [1.82, 2.24) is 15.3 Å². The third kappa shape index (κ3) is 4.38. The van der Waals surface area contributed by atoms with E-state index in [1.165, 1.54) is 19.3 Å². The molecule has 8 nitrogen and oxygen atoms in total. The highest BCUT2D eigenvalue weighted by atomic mass is 32.2. The number of oxazole rings is 1. The maximum absolute atomic E-state index is 12.9. The smallest absolute Gasteiger partial charge is 0.423 e. The van der Waals surface area contributed by atoms with Crippen LogP contribution in [0.15, 0.2) is 39.8 Å². The number of amides is 3. The number of rotatable bonds is 4. The van der Waals surface area contributed by atoms with E-state index in [4.69, 9.17) is 4.42 Å². The molecule has 0 atom stereocenters.